The maximum atomic E-state index is 4.81. The van der Waals surface area contributed by atoms with E-state index in [1.165, 1.54) is 4.88 Å². The second kappa shape index (κ2) is 11.3. The number of aromatic nitrogens is 3. The normalized spacial score (nSPS) is 20.1. The number of hydrogen-bond acceptors (Lipinski definition) is 5. The van der Waals surface area contributed by atoms with Gasteiger partial charge in [0.25, 0.3) is 0 Å². The Morgan fingerprint density at radius 2 is 2.14 bits per heavy atom. The van der Waals surface area contributed by atoms with Crippen molar-refractivity contribution in [3.63, 3.8) is 0 Å². The minimum Gasteiger partial charge on any atom is -0.356 e. The number of rotatable bonds is 7. The Hall–Kier alpha value is -1.20. The van der Waals surface area contributed by atoms with Gasteiger partial charge in [0.15, 0.2) is 11.8 Å². The van der Waals surface area contributed by atoms with Gasteiger partial charge in [-0.1, -0.05) is 13.0 Å². The monoisotopic (exact) mass is 531 g/mol. The Kier molecular flexibility index (Phi) is 9.35. The molecular formula is C20H34IN7S. The number of nitrogens with one attached hydrogen (secondary N) is 2. The maximum absolute atomic E-state index is 4.81. The van der Waals surface area contributed by atoms with Crippen LogP contribution in [0.3, 0.4) is 0 Å². The minimum absolute atomic E-state index is 0. The van der Waals surface area contributed by atoms with E-state index in [4.69, 9.17) is 4.99 Å². The summed E-state index contributed by atoms with van der Waals surface area (Å²) < 4.78 is 1.99. The molecule has 162 valence electrons. The number of guanidine groups is 1. The SMILES string of the molecule is Cc1nnc(CN=C(NCCc2cccs2)NC2CN(C(C)C)CC2C)n1C.I. The highest BCUT2D eigenvalue weighted by molar-refractivity contribution is 14.0. The molecule has 2 atom stereocenters. The van der Waals surface area contributed by atoms with Crippen LogP contribution >= 0.6 is 35.3 Å². The second-order valence-corrected chi connectivity index (χ2v) is 8.95. The summed E-state index contributed by atoms with van der Waals surface area (Å²) in [4.78, 5) is 8.72. The molecule has 1 saturated heterocycles. The first kappa shape index (κ1) is 24.1. The van der Waals surface area contributed by atoms with Gasteiger partial charge in [0, 0.05) is 43.6 Å². The van der Waals surface area contributed by atoms with E-state index >= 15 is 0 Å². The van der Waals surface area contributed by atoms with Crippen LogP contribution in [0.4, 0.5) is 0 Å². The zero-order valence-electron chi connectivity index (χ0n) is 18.1. The highest BCUT2D eigenvalue weighted by Gasteiger charge is 2.31. The Bertz CT molecular complexity index is 772. The summed E-state index contributed by atoms with van der Waals surface area (Å²) in [6, 6.07) is 5.25. The first-order valence-electron chi connectivity index (χ1n) is 10.1. The summed E-state index contributed by atoms with van der Waals surface area (Å²) >= 11 is 1.80. The molecule has 29 heavy (non-hydrogen) atoms. The second-order valence-electron chi connectivity index (χ2n) is 7.92. The van der Waals surface area contributed by atoms with Crippen molar-refractivity contribution < 1.29 is 0 Å². The average Bonchev–Trinajstić information content (AvgIpc) is 3.37. The van der Waals surface area contributed by atoms with Crippen molar-refractivity contribution in [2.45, 2.75) is 52.7 Å². The smallest absolute Gasteiger partial charge is 0.191 e. The van der Waals surface area contributed by atoms with Gasteiger partial charge in [0.1, 0.15) is 12.4 Å². The van der Waals surface area contributed by atoms with Gasteiger partial charge < -0.3 is 15.2 Å². The zero-order chi connectivity index (χ0) is 20.1. The average molecular weight is 532 g/mol. The van der Waals surface area contributed by atoms with Crippen LogP contribution in [0.5, 0.6) is 0 Å². The molecular weight excluding hydrogens is 497 g/mol. The summed E-state index contributed by atoms with van der Waals surface area (Å²) in [6.45, 7) is 12.3. The summed E-state index contributed by atoms with van der Waals surface area (Å²) in [7, 11) is 1.98. The molecule has 2 aromatic heterocycles. The quantitative estimate of drug-likeness (QED) is 0.327. The van der Waals surface area contributed by atoms with Gasteiger partial charge in [-0.2, -0.15) is 0 Å². The minimum atomic E-state index is 0. The van der Waals surface area contributed by atoms with E-state index in [1.807, 2.05) is 18.5 Å². The fourth-order valence-electron chi connectivity index (χ4n) is 3.44. The number of likely N-dealkylation sites (tertiary alicyclic amines) is 1. The van der Waals surface area contributed by atoms with Crippen molar-refractivity contribution in [1.29, 1.82) is 0 Å². The Balaban J connectivity index is 0.00000300. The molecule has 2 unspecified atom stereocenters. The van der Waals surface area contributed by atoms with Crippen LogP contribution < -0.4 is 10.6 Å². The molecule has 1 fully saturated rings. The predicted octanol–water partition coefficient (Wildman–Crippen LogP) is 2.81. The van der Waals surface area contributed by atoms with Crippen molar-refractivity contribution in [3.8, 4) is 0 Å². The van der Waals surface area contributed by atoms with Gasteiger partial charge in [0.2, 0.25) is 0 Å². The van der Waals surface area contributed by atoms with Gasteiger partial charge in [-0.15, -0.1) is 45.5 Å². The summed E-state index contributed by atoms with van der Waals surface area (Å²) in [6.07, 6.45) is 1.000. The van der Waals surface area contributed by atoms with Crippen LogP contribution in [0.25, 0.3) is 0 Å². The molecule has 2 aromatic rings. The molecule has 1 aliphatic heterocycles. The number of thiophene rings is 1. The maximum Gasteiger partial charge on any atom is 0.191 e. The van der Waals surface area contributed by atoms with E-state index in [0.717, 1.165) is 43.7 Å². The van der Waals surface area contributed by atoms with Crippen LogP contribution in [0.2, 0.25) is 0 Å². The van der Waals surface area contributed by atoms with Gasteiger partial charge in [-0.3, -0.25) is 4.90 Å². The molecule has 0 aromatic carbocycles. The number of halogens is 1. The lowest BCUT2D eigenvalue weighted by Gasteiger charge is -2.22. The number of nitrogens with zero attached hydrogens (tertiary/aromatic N) is 5. The largest absolute Gasteiger partial charge is 0.356 e. The molecule has 0 radical (unpaired) electrons. The number of hydrogen-bond donors (Lipinski definition) is 2. The van der Waals surface area contributed by atoms with Crippen LogP contribution in [0.1, 0.15) is 37.3 Å². The molecule has 3 rings (SSSR count). The van der Waals surface area contributed by atoms with Crippen molar-refractivity contribution in [1.82, 2.24) is 30.3 Å². The highest BCUT2D eigenvalue weighted by Crippen LogP contribution is 2.18. The third-order valence-electron chi connectivity index (χ3n) is 5.50. The first-order valence-corrected chi connectivity index (χ1v) is 11.0. The molecule has 0 bridgehead atoms. The first-order chi connectivity index (χ1) is 13.4. The zero-order valence-corrected chi connectivity index (χ0v) is 21.2. The lowest BCUT2D eigenvalue weighted by atomic mass is 10.1. The molecule has 7 nitrogen and oxygen atoms in total. The van der Waals surface area contributed by atoms with Crippen LogP contribution in [-0.4, -0.2) is 57.3 Å². The predicted molar refractivity (Wildman–Crippen MR) is 131 cm³/mol. The van der Waals surface area contributed by atoms with Gasteiger partial charge in [0.05, 0.1) is 0 Å². The van der Waals surface area contributed by atoms with Gasteiger partial charge in [-0.25, -0.2) is 4.99 Å². The molecule has 2 N–H and O–H groups in total. The van der Waals surface area contributed by atoms with E-state index in [1.54, 1.807) is 11.3 Å². The third-order valence-corrected chi connectivity index (χ3v) is 6.43. The molecule has 0 aliphatic carbocycles. The standard InChI is InChI=1S/C20H33N7S.HI/c1-14(2)27-12-15(3)18(13-27)23-20(21-9-8-17-7-6-10-28-17)22-11-19-25-24-16(4)26(19)5;/h6-7,10,14-15,18H,8-9,11-13H2,1-5H3,(H2,21,22,23);1H. The van der Waals surface area contributed by atoms with E-state index in [2.05, 4.69) is 64.0 Å². The molecule has 0 saturated carbocycles. The Morgan fingerprint density at radius 3 is 2.72 bits per heavy atom. The lowest BCUT2D eigenvalue weighted by Crippen LogP contribution is -2.47. The van der Waals surface area contributed by atoms with E-state index in [0.29, 0.717) is 24.5 Å². The van der Waals surface area contributed by atoms with Crippen molar-refractivity contribution in [2.24, 2.45) is 18.0 Å². The lowest BCUT2D eigenvalue weighted by molar-refractivity contribution is 0.265. The van der Waals surface area contributed by atoms with Crippen molar-refractivity contribution in [3.05, 3.63) is 34.0 Å². The topological polar surface area (TPSA) is 70.4 Å². The number of aliphatic imine (C=N–C) groups is 1. The fraction of sp³-hybridized carbons (Fsp3) is 0.650. The van der Waals surface area contributed by atoms with Crippen molar-refractivity contribution in [2.75, 3.05) is 19.6 Å². The summed E-state index contributed by atoms with van der Waals surface area (Å²) in [5.41, 5.74) is 0. The number of aryl methyl sites for hydroxylation is 1. The Morgan fingerprint density at radius 1 is 1.34 bits per heavy atom. The third kappa shape index (κ3) is 6.65. The highest BCUT2D eigenvalue weighted by atomic mass is 127. The molecule has 0 amide bonds. The molecule has 0 spiro atoms. The molecule has 3 heterocycles. The van der Waals surface area contributed by atoms with Crippen LogP contribution in [-0.2, 0) is 20.0 Å². The van der Waals surface area contributed by atoms with Crippen LogP contribution in [0, 0.1) is 12.8 Å². The van der Waals surface area contributed by atoms with Crippen molar-refractivity contribution >= 4 is 41.3 Å². The van der Waals surface area contributed by atoms with E-state index < -0.39 is 0 Å². The fourth-order valence-corrected chi connectivity index (χ4v) is 4.15. The molecule has 9 heteroatoms. The summed E-state index contributed by atoms with van der Waals surface area (Å²) in [5, 5.41) is 17.7. The van der Waals surface area contributed by atoms with E-state index in [9.17, 15) is 0 Å². The van der Waals surface area contributed by atoms with Gasteiger partial charge >= 0.3 is 0 Å². The molecule has 1 aliphatic rings. The summed E-state index contributed by atoms with van der Waals surface area (Å²) in [5.74, 6) is 3.23. The van der Waals surface area contributed by atoms with Crippen LogP contribution in [0.15, 0.2) is 22.5 Å². The van der Waals surface area contributed by atoms with Gasteiger partial charge in [-0.05, 0) is 44.6 Å². The Labute approximate surface area is 195 Å². The van der Waals surface area contributed by atoms with E-state index in [-0.39, 0.29) is 24.0 Å².